The first-order valence-corrected chi connectivity index (χ1v) is 7.55. The van der Waals surface area contributed by atoms with E-state index in [0.29, 0.717) is 21.7 Å². The molecule has 0 atom stereocenters. The summed E-state index contributed by atoms with van der Waals surface area (Å²) in [6.45, 7) is 0.491. The first kappa shape index (κ1) is 15.3. The van der Waals surface area contributed by atoms with E-state index in [4.69, 9.17) is 11.6 Å². The van der Waals surface area contributed by atoms with E-state index in [-0.39, 0.29) is 5.69 Å². The number of rotatable bonds is 4. The first-order chi connectivity index (χ1) is 9.47. The van der Waals surface area contributed by atoms with Gasteiger partial charge < -0.3 is 5.32 Å². The lowest BCUT2D eigenvalue weighted by atomic mass is 10.2. The molecule has 0 saturated heterocycles. The summed E-state index contributed by atoms with van der Waals surface area (Å²) in [7, 11) is 0. The standard InChI is InChI=1S/C13H9Br2ClN2O2/c14-9-2-1-8(12(16)5-9)7-17-10-3-4-11(15)13(6-10)18(19)20/h1-6,17H,7H2. The molecule has 20 heavy (non-hydrogen) atoms. The van der Waals surface area contributed by atoms with Crippen molar-refractivity contribution in [1.29, 1.82) is 0 Å². The molecule has 0 saturated carbocycles. The summed E-state index contributed by atoms with van der Waals surface area (Å²) in [5.74, 6) is 0. The van der Waals surface area contributed by atoms with Crippen LogP contribution in [0.15, 0.2) is 45.3 Å². The maximum absolute atomic E-state index is 10.9. The highest BCUT2D eigenvalue weighted by atomic mass is 79.9. The molecule has 0 aliphatic rings. The van der Waals surface area contributed by atoms with Crippen molar-refractivity contribution in [1.82, 2.24) is 0 Å². The molecule has 0 unspecified atom stereocenters. The van der Waals surface area contributed by atoms with E-state index in [1.165, 1.54) is 6.07 Å². The zero-order valence-corrected chi connectivity index (χ0v) is 14.0. The van der Waals surface area contributed by atoms with Crippen molar-refractivity contribution >= 4 is 54.8 Å². The number of halogens is 3. The van der Waals surface area contributed by atoms with Crippen molar-refractivity contribution in [3.05, 3.63) is 66.0 Å². The monoisotopic (exact) mass is 418 g/mol. The summed E-state index contributed by atoms with van der Waals surface area (Å²) in [6, 6.07) is 10.5. The molecular weight excluding hydrogens is 411 g/mol. The second kappa shape index (κ2) is 6.56. The highest BCUT2D eigenvalue weighted by molar-refractivity contribution is 9.10. The van der Waals surface area contributed by atoms with Crippen LogP contribution in [-0.2, 0) is 6.54 Å². The highest BCUT2D eigenvalue weighted by Crippen LogP contribution is 2.28. The normalized spacial score (nSPS) is 10.3. The third-order valence-electron chi connectivity index (χ3n) is 2.64. The fourth-order valence-electron chi connectivity index (χ4n) is 1.62. The number of anilines is 1. The predicted octanol–water partition coefficient (Wildman–Crippen LogP) is 5.39. The van der Waals surface area contributed by atoms with Gasteiger partial charge in [0.2, 0.25) is 0 Å². The molecule has 0 aliphatic carbocycles. The van der Waals surface area contributed by atoms with E-state index in [2.05, 4.69) is 37.2 Å². The molecule has 0 fully saturated rings. The maximum Gasteiger partial charge on any atom is 0.285 e. The first-order valence-electron chi connectivity index (χ1n) is 5.59. The quantitative estimate of drug-likeness (QED) is 0.533. The minimum atomic E-state index is -0.429. The van der Waals surface area contributed by atoms with Crippen LogP contribution in [0.25, 0.3) is 0 Å². The Labute approximate surface area is 137 Å². The van der Waals surface area contributed by atoms with Crippen LogP contribution < -0.4 is 5.32 Å². The van der Waals surface area contributed by atoms with Gasteiger partial charge in [0, 0.05) is 27.8 Å². The van der Waals surface area contributed by atoms with E-state index in [9.17, 15) is 10.1 Å². The van der Waals surface area contributed by atoms with E-state index < -0.39 is 4.92 Å². The van der Waals surface area contributed by atoms with Crippen LogP contribution in [0.1, 0.15) is 5.56 Å². The van der Waals surface area contributed by atoms with E-state index >= 15 is 0 Å². The fraction of sp³-hybridized carbons (Fsp3) is 0.0769. The molecule has 2 aromatic carbocycles. The Balaban J connectivity index is 2.15. The molecule has 0 aliphatic heterocycles. The van der Waals surface area contributed by atoms with Crippen LogP contribution in [0.2, 0.25) is 5.02 Å². The molecule has 7 heteroatoms. The molecule has 0 aromatic heterocycles. The SMILES string of the molecule is O=[N+]([O-])c1cc(NCc2ccc(Br)cc2Cl)ccc1Br. The Morgan fingerprint density at radius 1 is 1.20 bits per heavy atom. The Bertz CT molecular complexity index is 665. The molecule has 1 N–H and O–H groups in total. The van der Waals surface area contributed by atoms with Gasteiger partial charge in [-0.1, -0.05) is 33.6 Å². The van der Waals surface area contributed by atoms with Gasteiger partial charge in [-0.3, -0.25) is 10.1 Å². The molecular formula is C13H9Br2ClN2O2. The van der Waals surface area contributed by atoms with Gasteiger partial charge in [0.25, 0.3) is 5.69 Å². The smallest absolute Gasteiger partial charge is 0.285 e. The number of nitrogens with one attached hydrogen (secondary N) is 1. The van der Waals surface area contributed by atoms with Gasteiger partial charge in [-0.05, 0) is 45.8 Å². The summed E-state index contributed by atoms with van der Waals surface area (Å²) in [5.41, 5.74) is 1.61. The molecule has 0 bridgehead atoms. The lowest BCUT2D eigenvalue weighted by Crippen LogP contribution is -2.01. The zero-order valence-electron chi connectivity index (χ0n) is 10.1. The van der Waals surface area contributed by atoms with E-state index in [1.54, 1.807) is 12.1 Å². The summed E-state index contributed by atoms with van der Waals surface area (Å²) < 4.78 is 1.36. The molecule has 104 valence electrons. The number of nitrogens with zero attached hydrogens (tertiary/aromatic N) is 1. The number of hydrogen-bond donors (Lipinski definition) is 1. The fourth-order valence-corrected chi connectivity index (χ4v) is 2.76. The lowest BCUT2D eigenvalue weighted by Gasteiger charge is -2.09. The zero-order chi connectivity index (χ0) is 14.7. The van der Waals surface area contributed by atoms with Gasteiger partial charge in [-0.25, -0.2) is 0 Å². The Kier molecular flexibility index (Phi) is 5.01. The molecule has 0 heterocycles. The van der Waals surface area contributed by atoms with Gasteiger partial charge in [0.1, 0.15) is 0 Å². The van der Waals surface area contributed by atoms with Gasteiger partial charge >= 0.3 is 0 Å². The molecule has 0 spiro atoms. The van der Waals surface area contributed by atoms with Crippen LogP contribution in [0.3, 0.4) is 0 Å². The van der Waals surface area contributed by atoms with E-state index in [0.717, 1.165) is 10.0 Å². The molecule has 0 radical (unpaired) electrons. The Morgan fingerprint density at radius 3 is 2.60 bits per heavy atom. The molecule has 2 rings (SSSR count). The second-order valence-corrected chi connectivity index (χ2v) is 6.19. The van der Waals surface area contributed by atoms with Crippen molar-refractivity contribution in [3.8, 4) is 0 Å². The third kappa shape index (κ3) is 3.71. The summed E-state index contributed by atoms with van der Waals surface area (Å²) in [5, 5.41) is 14.6. The second-order valence-electron chi connectivity index (χ2n) is 4.01. The maximum atomic E-state index is 10.9. The number of nitro benzene ring substituents is 1. The number of nitro groups is 1. The summed E-state index contributed by atoms with van der Waals surface area (Å²) >= 11 is 12.6. The van der Waals surface area contributed by atoms with Crippen molar-refractivity contribution in [3.63, 3.8) is 0 Å². The van der Waals surface area contributed by atoms with Crippen molar-refractivity contribution in [2.24, 2.45) is 0 Å². The topological polar surface area (TPSA) is 55.2 Å². The average Bonchev–Trinajstić information content (AvgIpc) is 2.39. The van der Waals surface area contributed by atoms with Crippen LogP contribution in [0.5, 0.6) is 0 Å². The van der Waals surface area contributed by atoms with E-state index in [1.807, 2.05) is 18.2 Å². The molecule has 2 aromatic rings. The third-order valence-corrected chi connectivity index (χ3v) is 4.16. The molecule has 4 nitrogen and oxygen atoms in total. The summed E-state index contributed by atoms with van der Waals surface area (Å²) in [4.78, 5) is 10.4. The van der Waals surface area contributed by atoms with Crippen molar-refractivity contribution in [2.75, 3.05) is 5.32 Å². The van der Waals surface area contributed by atoms with Crippen LogP contribution in [-0.4, -0.2) is 4.92 Å². The summed E-state index contributed by atoms with van der Waals surface area (Å²) in [6.07, 6.45) is 0. The van der Waals surface area contributed by atoms with Gasteiger partial charge in [0.05, 0.1) is 9.40 Å². The molecule has 0 amide bonds. The number of hydrogen-bond acceptors (Lipinski definition) is 3. The average molecular weight is 420 g/mol. The van der Waals surface area contributed by atoms with Crippen molar-refractivity contribution in [2.45, 2.75) is 6.54 Å². The Morgan fingerprint density at radius 2 is 1.95 bits per heavy atom. The Hall–Kier alpha value is -1.11. The van der Waals surface area contributed by atoms with Gasteiger partial charge in [-0.15, -0.1) is 0 Å². The van der Waals surface area contributed by atoms with Crippen LogP contribution in [0.4, 0.5) is 11.4 Å². The van der Waals surface area contributed by atoms with Crippen LogP contribution in [0, 0.1) is 10.1 Å². The predicted molar refractivity (Wildman–Crippen MR) is 87.3 cm³/mol. The minimum absolute atomic E-state index is 0.0249. The largest absolute Gasteiger partial charge is 0.381 e. The number of benzene rings is 2. The van der Waals surface area contributed by atoms with Gasteiger partial charge in [-0.2, -0.15) is 0 Å². The lowest BCUT2D eigenvalue weighted by molar-refractivity contribution is -0.385. The van der Waals surface area contributed by atoms with Gasteiger partial charge in [0.15, 0.2) is 0 Å². The highest BCUT2D eigenvalue weighted by Gasteiger charge is 2.12. The van der Waals surface area contributed by atoms with Crippen molar-refractivity contribution < 1.29 is 4.92 Å². The van der Waals surface area contributed by atoms with Crippen LogP contribution >= 0.6 is 43.5 Å². The minimum Gasteiger partial charge on any atom is -0.381 e.